The van der Waals surface area contributed by atoms with Gasteiger partial charge in [0.05, 0.1) is 0 Å². The van der Waals surface area contributed by atoms with E-state index in [4.69, 9.17) is 44.9 Å². The summed E-state index contributed by atoms with van der Waals surface area (Å²) in [6.07, 6.45) is 0. The standard InChI is InChI=1S/3C45H27N3Se/c1-3-11-28(12-4-1)34-17-9-18-37-41-38(19-10-20-40(41)49-42(34)37)45-47-43(31-14-5-2-6-15-31)46-44(48-45)32-22-21-30-24-25-35-33-16-8-7-13-29(33)23-26-36(35)39(30)27-32;1-3-11-30(12-4-1)43-46-44(31-13-5-2-6-14-31)48-45(47-43)33-22-25-38-39-17-9-16-35(42(39)49-41(38)27-33)32-19-18-29-21-23-36-34-15-8-7-10-28(34)20-24-37(36)40(29)26-32;1-3-11-30(12-4-1)43-46-44(31-13-5-2-6-14-31)48-45(47-43)33-22-25-41-40(27-33)38-17-9-16-35(42(38)49-41)32-19-18-29-21-23-36-34-15-8-7-10-28(34)20-24-37(36)39(29)26-32/h3*1-27H. The van der Waals surface area contributed by atoms with Gasteiger partial charge in [-0.3, -0.25) is 0 Å². The first kappa shape index (κ1) is 87.0. The number of rotatable bonds is 12. The van der Waals surface area contributed by atoms with Gasteiger partial charge >= 0.3 is 841 Å². The van der Waals surface area contributed by atoms with Gasteiger partial charge in [-0.1, -0.05) is 24.3 Å². The van der Waals surface area contributed by atoms with Gasteiger partial charge in [0, 0.05) is 0 Å². The Hall–Kier alpha value is -17.8. The predicted molar refractivity (Wildman–Crippen MR) is 618 cm³/mol. The van der Waals surface area contributed by atoms with E-state index in [1.807, 2.05) is 91.0 Å². The first-order valence-corrected chi connectivity index (χ1v) is 54.5. The predicted octanol–water partition coefficient (Wildman–Crippen LogP) is 34.1. The maximum atomic E-state index is 5.25. The van der Waals surface area contributed by atoms with Crippen molar-refractivity contribution in [1.82, 2.24) is 44.9 Å². The van der Waals surface area contributed by atoms with Crippen LogP contribution in [0.25, 0.3) is 291 Å². The summed E-state index contributed by atoms with van der Waals surface area (Å²) < 4.78 is 8.37. The Kier molecular flexibility index (Phi) is 21.8. The van der Waals surface area contributed by atoms with Crippen LogP contribution in [0.15, 0.2) is 491 Å². The second kappa shape index (κ2) is 36.9. The molecule has 0 spiro atoms. The summed E-state index contributed by atoms with van der Waals surface area (Å²) in [4.78, 5) is 45.3. The molecule has 0 bridgehead atoms. The van der Waals surface area contributed by atoms with Crippen LogP contribution in [-0.4, -0.2) is 88.4 Å². The molecule has 30 rings (SSSR count). The fourth-order valence-corrected chi connectivity index (χ4v) is 29.2. The van der Waals surface area contributed by atoms with Gasteiger partial charge in [0.1, 0.15) is 0 Å². The third kappa shape index (κ3) is 15.9. The van der Waals surface area contributed by atoms with Gasteiger partial charge < -0.3 is 0 Å². The third-order valence-electron chi connectivity index (χ3n) is 28.5. The minimum absolute atomic E-state index is 0.124. The van der Waals surface area contributed by atoms with Crippen molar-refractivity contribution in [3.05, 3.63) is 491 Å². The third-order valence-corrected chi connectivity index (χ3v) is 36.1. The van der Waals surface area contributed by atoms with Gasteiger partial charge in [-0.15, -0.1) is 0 Å². The van der Waals surface area contributed by atoms with Crippen LogP contribution < -0.4 is 0 Å². The molecule has 12 heteroatoms. The summed E-state index contributed by atoms with van der Waals surface area (Å²) in [7, 11) is 0. The van der Waals surface area contributed by atoms with Crippen molar-refractivity contribution in [2.75, 3.05) is 0 Å². The summed E-state index contributed by atoms with van der Waals surface area (Å²) in [5.74, 6) is 6.11. The second-order valence-electron chi connectivity index (χ2n) is 37.2. The van der Waals surface area contributed by atoms with E-state index in [0.717, 1.165) is 50.1 Å². The van der Waals surface area contributed by atoms with Gasteiger partial charge in [-0.05, 0) is 5.39 Å². The number of hydrogen-bond donors (Lipinski definition) is 0. The van der Waals surface area contributed by atoms with Crippen molar-refractivity contribution >= 4 is 198 Å². The van der Waals surface area contributed by atoms with E-state index in [0.29, 0.717) is 52.4 Å². The van der Waals surface area contributed by atoms with Crippen LogP contribution in [0.2, 0.25) is 0 Å². The van der Waals surface area contributed by atoms with Crippen molar-refractivity contribution in [1.29, 1.82) is 0 Å². The van der Waals surface area contributed by atoms with E-state index in [2.05, 4.69) is 400 Å². The molecule has 6 aromatic heterocycles. The molecule has 0 saturated carbocycles. The molecule has 9 nitrogen and oxygen atoms in total. The van der Waals surface area contributed by atoms with Crippen molar-refractivity contribution in [2.24, 2.45) is 0 Å². The van der Waals surface area contributed by atoms with E-state index in [-0.39, 0.29) is 43.5 Å². The number of fused-ring (bicyclic) bond motifs is 24. The minimum atomic E-state index is 0.124. The molecule has 0 saturated heterocycles. The molecule has 0 atom stereocenters. The first-order chi connectivity index (χ1) is 72.8. The monoisotopic (exact) mass is 2070 g/mol. The average Bonchev–Trinajstić information content (AvgIpc) is 1.34. The maximum absolute atomic E-state index is 5.25. The van der Waals surface area contributed by atoms with Crippen LogP contribution in [0.5, 0.6) is 0 Å². The van der Waals surface area contributed by atoms with Crippen molar-refractivity contribution in [3.63, 3.8) is 0 Å². The average molecular weight is 2070 g/mol. The summed E-state index contributed by atoms with van der Waals surface area (Å²) >= 11 is 0.459. The van der Waals surface area contributed by atoms with Crippen LogP contribution >= 0.6 is 0 Å². The van der Waals surface area contributed by atoms with E-state index in [9.17, 15) is 0 Å². The fraction of sp³-hybridized carbons (Fsp3) is 0. The second-order valence-corrected chi connectivity index (χ2v) is 43.8. The SMILES string of the molecule is c1ccc(-c2nc(-c3ccc4ccc5c6ccccc6ccc5c4c3)nc(-c3cccc4[se]c5c(-c6ccccc6)cccc5c34)n2)cc1.c1ccc(-c2nc(-c3ccccc3)nc(-c3ccc4[se]c5c(-c6ccc7ccc8c9ccccc9ccc8c7c6)cccc5c4c3)n2)cc1.c1ccc(-c2nc(-c3ccccc3)nc(-c3ccc4c(c3)[se]c3c(-c5ccc6ccc7c8ccccc8ccc7c6c5)cccc34)n2)cc1. The molecule has 0 N–H and O–H groups in total. The van der Waals surface area contributed by atoms with Crippen LogP contribution in [-0.2, 0) is 0 Å². The van der Waals surface area contributed by atoms with Crippen LogP contribution in [0.3, 0.4) is 0 Å². The van der Waals surface area contributed by atoms with E-state index >= 15 is 0 Å². The fourth-order valence-electron chi connectivity index (χ4n) is 21.4. The molecular weight excluding hydrogens is 1980 g/mol. The summed E-state index contributed by atoms with van der Waals surface area (Å²) in [5, 5.41) is 30.5. The van der Waals surface area contributed by atoms with Crippen LogP contribution in [0.4, 0.5) is 0 Å². The van der Waals surface area contributed by atoms with Crippen molar-refractivity contribution in [2.45, 2.75) is 0 Å². The van der Waals surface area contributed by atoms with Gasteiger partial charge in [0.25, 0.3) is 0 Å². The zero-order valence-electron chi connectivity index (χ0n) is 79.0. The number of nitrogens with zero attached hydrogens (tertiary/aromatic N) is 9. The molecule has 0 aliphatic rings. The van der Waals surface area contributed by atoms with Gasteiger partial charge in [-0.2, -0.15) is 0 Å². The van der Waals surface area contributed by atoms with E-state index in [1.165, 1.54) is 188 Å². The van der Waals surface area contributed by atoms with Crippen LogP contribution in [0, 0.1) is 0 Å². The molecule has 6 heterocycles. The van der Waals surface area contributed by atoms with Crippen LogP contribution in [0.1, 0.15) is 0 Å². The zero-order valence-corrected chi connectivity index (χ0v) is 84.2. The first-order valence-electron chi connectivity index (χ1n) is 49.3. The summed E-state index contributed by atoms with van der Waals surface area (Å²) in [6, 6.07) is 175. The Morgan fingerprint density at radius 3 is 0.782 bits per heavy atom. The summed E-state index contributed by atoms with van der Waals surface area (Å²) in [6.45, 7) is 0. The Balaban J connectivity index is 0.000000107. The Morgan fingerprint density at radius 2 is 0.367 bits per heavy atom. The molecule has 0 fully saturated rings. The van der Waals surface area contributed by atoms with Crippen molar-refractivity contribution < 1.29 is 0 Å². The topological polar surface area (TPSA) is 116 Å². The molecule has 30 aromatic rings. The van der Waals surface area contributed by atoms with E-state index in [1.54, 1.807) is 0 Å². The zero-order chi connectivity index (χ0) is 96.9. The molecule has 0 amide bonds. The van der Waals surface area contributed by atoms with E-state index < -0.39 is 0 Å². The van der Waals surface area contributed by atoms with Gasteiger partial charge in [0.15, 0.2) is 0 Å². The molecule has 24 aromatic carbocycles. The quantitative estimate of drug-likeness (QED) is 0.0871. The van der Waals surface area contributed by atoms with Gasteiger partial charge in [-0.25, -0.2) is 0 Å². The molecule has 0 aliphatic carbocycles. The number of benzene rings is 24. The number of hydrogen-bond acceptors (Lipinski definition) is 9. The molecular formula is C135H81N9Se3. The normalized spacial score (nSPS) is 11.7. The molecule has 147 heavy (non-hydrogen) atoms. The van der Waals surface area contributed by atoms with Gasteiger partial charge in [0.2, 0.25) is 0 Å². The molecule has 0 radical (unpaired) electrons. The summed E-state index contributed by atoms with van der Waals surface area (Å²) in [5.41, 5.74) is 16.6. The molecule has 684 valence electrons. The number of aromatic nitrogens is 9. The Bertz CT molecular complexity index is 10200. The molecule has 0 aliphatic heterocycles. The Morgan fingerprint density at radius 1 is 0.116 bits per heavy atom. The Labute approximate surface area is 863 Å². The molecule has 0 unspecified atom stereocenters. The van der Waals surface area contributed by atoms with Crippen molar-refractivity contribution in [3.8, 4) is 136 Å².